The lowest BCUT2D eigenvalue weighted by atomic mass is 9.89. The van der Waals surface area contributed by atoms with Gasteiger partial charge in [0.15, 0.2) is 0 Å². The van der Waals surface area contributed by atoms with Crippen LogP contribution in [0.3, 0.4) is 0 Å². The molecule has 2 bridgehead atoms. The Hall–Kier alpha value is -1.64. The lowest BCUT2D eigenvalue weighted by Gasteiger charge is -2.28. The summed E-state index contributed by atoms with van der Waals surface area (Å²) >= 11 is 0. The zero-order valence-electron chi connectivity index (χ0n) is 15.7. The van der Waals surface area contributed by atoms with E-state index in [-0.39, 0.29) is 23.2 Å². The van der Waals surface area contributed by atoms with E-state index < -0.39 is 10.0 Å². The first kappa shape index (κ1) is 21.1. The van der Waals surface area contributed by atoms with Gasteiger partial charge in [-0.05, 0) is 56.2 Å². The highest BCUT2D eigenvalue weighted by atomic mass is 35.5. The molecule has 2 fully saturated rings. The quantitative estimate of drug-likeness (QED) is 0.673. The Balaban J connectivity index is 0.00000225. The van der Waals surface area contributed by atoms with E-state index in [1.165, 1.54) is 25.0 Å². The Morgan fingerprint density at radius 3 is 2.64 bits per heavy atom. The maximum atomic E-state index is 12.5. The Kier molecular flexibility index (Phi) is 6.62. The summed E-state index contributed by atoms with van der Waals surface area (Å²) in [4.78, 5) is 16.7. The molecule has 4 rings (SSSR count). The van der Waals surface area contributed by atoms with Crippen molar-refractivity contribution in [1.82, 2.24) is 10.0 Å². The summed E-state index contributed by atoms with van der Waals surface area (Å²) < 4.78 is 27.6. The van der Waals surface area contributed by atoms with Crippen LogP contribution in [0.2, 0.25) is 0 Å². The van der Waals surface area contributed by atoms with Crippen molar-refractivity contribution in [2.24, 2.45) is 10.9 Å². The highest BCUT2D eigenvalue weighted by molar-refractivity contribution is 7.90. The van der Waals surface area contributed by atoms with Crippen molar-refractivity contribution in [1.29, 1.82) is 0 Å². The first-order valence-corrected chi connectivity index (χ1v) is 11.2. The summed E-state index contributed by atoms with van der Waals surface area (Å²) in [7, 11) is -3.68. The maximum Gasteiger partial charge on any atom is 0.262 e. The zero-order chi connectivity index (χ0) is 18.9. The predicted octanol–water partition coefficient (Wildman–Crippen LogP) is 2.44. The molecule has 154 valence electrons. The molecular formula is C19H27ClN4O3S. The van der Waals surface area contributed by atoms with Crippen LogP contribution in [0.1, 0.15) is 44.9 Å². The molecule has 2 unspecified atom stereocenters. The van der Waals surface area contributed by atoms with Crippen LogP contribution in [0.5, 0.6) is 0 Å². The zero-order valence-corrected chi connectivity index (χ0v) is 17.3. The Labute approximate surface area is 172 Å². The van der Waals surface area contributed by atoms with Gasteiger partial charge in [0.2, 0.25) is 5.91 Å². The number of benzene rings is 1. The van der Waals surface area contributed by atoms with Crippen molar-refractivity contribution in [2.45, 2.75) is 61.9 Å². The predicted molar refractivity (Wildman–Crippen MR) is 111 cm³/mol. The number of rotatable bonds is 5. The van der Waals surface area contributed by atoms with Gasteiger partial charge in [-0.2, -0.15) is 0 Å². The third-order valence-electron chi connectivity index (χ3n) is 5.60. The molecule has 7 nitrogen and oxygen atoms in total. The number of nitrogens with one attached hydrogen (secondary N) is 3. The van der Waals surface area contributed by atoms with Gasteiger partial charge in [-0.3, -0.25) is 14.5 Å². The lowest BCUT2D eigenvalue weighted by molar-refractivity contribution is -0.117. The molecule has 1 aromatic rings. The van der Waals surface area contributed by atoms with Crippen molar-refractivity contribution in [3.05, 3.63) is 24.3 Å². The summed E-state index contributed by atoms with van der Waals surface area (Å²) in [5.41, 5.74) is 0.508. The second-order valence-electron chi connectivity index (χ2n) is 7.79. The van der Waals surface area contributed by atoms with Crippen LogP contribution in [0.25, 0.3) is 0 Å². The number of carbonyl (C=O) groups is 1. The van der Waals surface area contributed by atoms with Gasteiger partial charge in [-0.15, -0.1) is 12.4 Å². The van der Waals surface area contributed by atoms with E-state index in [0.717, 1.165) is 19.3 Å². The minimum absolute atomic E-state index is 0. The standard InChI is InChI=1S/C19H26N4O3S.ClH/c24-19(11-13-9-15-6-7-16(10-13)21-15)22-14-3-1-4-17(12-14)27(25,26)23-18-5-2-8-20-18;/h1,3-4,12-13,15-16,21H,2,5-11H2,(H,20,23)(H,22,24);1H. The number of carbonyl (C=O) groups excluding carboxylic acids is 1. The largest absolute Gasteiger partial charge is 0.326 e. The highest BCUT2D eigenvalue weighted by Crippen LogP contribution is 2.32. The molecule has 1 aromatic carbocycles. The molecule has 0 saturated carbocycles. The van der Waals surface area contributed by atoms with Gasteiger partial charge in [0, 0.05) is 37.2 Å². The average molecular weight is 427 g/mol. The van der Waals surface area contributed by atoms with E-state index in [1.54, 1.807) is 12.1 Å². The van der Waals surface area contributed by atoms with E-state index in [4.69, 9.17) is 0 Å². The topological polar surface area (TPSA) is 99.7 Å². The van der Waals surface area contributed by atoms with Crippen LogP contribution >= 0.6 is 12.4 Å². The molecule has 3 heterocycles. The van der Waals surface area contributed by atoms with Gasteiger partial charge in [-0.25, -0.2) is 8.42 Å². The molecular weight excluding hydrogens is 400 g/mol. The third-order valence-corrected chi connectivity index (χ3v) is 6.98. The number of hydrogen-bond donors (Lipinski definition) is 3. The molecule has 0 aliphatic carbocycles. The Morgan fingerprint density at radius 1 is 1.21 bits per heavy atom. The molecule has 2 saturated heterocycles. The number of nitrogens with zero attached hydrogens (tertiary/aromatic N) is 1. The van der Waals surface area contributed by atoms with Crippen molar-refractivity contribution in [3.63, 3.8) is 0 Å². The van der Waals surface area contributed by atoms with Crippen molar-refractivity contribution in [3.8, 4) is 0 Å². The van der Waals surface area contributed by atoms with Crippen LogP contribution in [0, 0.1) is 5.92 Å². The fourth-order valence-corrected chi connectivity index (χ4v) is 5.53. The van der Waals surface area contributed by atoms with Crippen molar-refractivity contribution >= 4 is 39.9 Å². The molecule has 9 heteroatoms. The summed E-state index contributed by atoms with van der Waals surface area (Å²) in [6.45, 7) is 0.659. The van der Waals surface area contributed by atoms with Gasteiger partial charge in [0.1, 0.15) is 5.84 Å². The van der Waals surface area contributed by atoms with E-state index in [1.807, 2.05) is 0 Å². The molecule has 1 amide bonds. The molecule has 2 atom stereocenters. The van der Waals surface area contributed by atoms with Gasteiger partial charge in [-0.1, -0.05) is 6.07 Å². The van der Waals surface area contributed by atoms with Crippen LogP contribution in [0.15, 0.2) is 34.2 Å². The van der Waals surface area contributed by atoms with Gasteiger partial charge in [0.05, 0.1) is 4.90 Å². The number of sulfonamides is 1. The van der Waals surface area contributed by atoms with Crippen LogP contribution < -0.4 is 15.4 Å². The molecule has 3 aliphatic heterocycles. The normalized spacial score (nSPS) is 26.3. The summed E-state index contributed by atoms with van der Waals surface area (Å²) in [6, 6.07) is 7.50. The van der Waals surface area contributed by atoms with Crippen LogP contribution in [-0.4, -0.2) is 38.8 Å². The number of anilines is 1. The number of hydrogen-bond acceptors (Lipinski definition) is 5. The maximum absolute atomic E-state index is 12.5. The summed E-state index contributed by atoms with van der Waals surface area (Å²) in [5, 5.41) is 6.45. The van der Waals surface area contributed by atoms with E-state index in [9.17, 15) is 13.2 Å². The average Bonchev–Trinajstić information content (AvgIpc) is 3.24. The minimum Gasteiger partial charge on any atom is -0.326 e. The van der Waals surface area contributed by atoms with Crippen LogP contribution in [0.4, 0.5) is 5.69 Å². The Morgan fingerprint density at radius 2 is 1.96 bits per heavy atom. The highest BCUT2D eigenvalue weighted by Gasteiger charge is 2.34. The van der Waals surface area contributed by atoms with Gasteiger partial charge < -0.3 is 10.6 Å². The summed E-state index contributed by atoms with van der Waals surface area (Å²) in [6.07, 6.45) is 6.51. The molecule has 0 radical (unpaired) electrons. The SMILES string of the molecule is Cl.O=C(CC1CC2CCC(C1)N2)Nc1cccc(S(=O)(=O)NC2=NCCC2)c1. The second kappa shape index (κ2) is 8.80. The minimum atomic E-state index is -3.68. The first-order chi connectivity index (χ1) is 13.0. The molecule has 3 aliphatic rings. The Bertz CT molecular complexity index is 846. The fraction of sp³-hybridized carbons (Fsp3) is 0.579. The number of fused-ring (bicyclic) bond motifs is 2. The van der Waals surface area contributed by atoms with Gasteiger partial charge >= 0.3 is 0 Å². The number of aliphatic imine (C=N–C) groups is 1. The van der Waals surface area contributed by atoms with E-state index >= 15 is 0 Å². The van der Waals surface area contributed by atoms with Crippen LogP contribution in [-0.2, 0) is 14.8 Å². The molecule has 3 N–H and O–H groups in total. The molecule has 0 aromatic heterocycles. The van der Waals surface area contributed by atoms with Crippen molar-refractivity contribution < 1.29 is 13.2 Å². The number of amidine groups is 1. The molecule has 0 spiro atoms. The second-order valence-corrected chi connectivity index (χ2v) is 9.48. The number of halogens is 1. The summed E-state index contributed by atoms with van der Waals surface area (Å²) in [5.74, 6) is 0.853. The number of piperidine rings is 1. The van der Waals surface area contributed by atoms with Crippen molar-refractivity contribution in [2.75, 3.05) is 11.9 Å². The monoisotopic (exact) mass is 426 g/mol. The van der Waals surface area contributed by atoms with Gasteiger partial charge in [0.25, 0.3) is 10.0 Å². The van der Waals surface area contributed by atoms with E-state index in [2.05, 4.69) is 20.3 Å². The smallest absolute Gasteiger partial charge is 0.262 e. The fourth-order valence-electron chi connectivity index (χ4n) is 4.39. The molecule has 28 heavy (non-hydrogen) atoms. The van der Waals surface area contributed by atoms with E-state index in [0.29, 0.717) is 48.9 Å². The third kappa shape index (κ3) is 5.04. The number of amides is 1. The lowest BCUT2D eigenvalue weighted by Crippen LogP contribution is -2.39. The first-order valence-electron chi connectivity index (χ1n) is 9.70.